The first-order chi connectivity index (χ1) is 10.3. The summed E-state index contributed by atoms with van der Waals surface area (Å²) in [5.41, 5.74) is 6.49. The first kappa shape index (κ1) is 25.3. The summed E-state index contributed by atoms with van der Waals surface area (Å²) in [5.74, 6) is 0.209. The molecule has 3 atom stereocenters. The van der Waals surface area contributed by atoms with Gasteiger partial charge in [0.25, 0.3) is 0 Å². The molecule has 0 saturated carbocycles. The predicted octanol–water partition coefficient (Wildman–Crippen LogP) is -8.91. The van der Waals surface area contributed by atoms with Crippen molar-refractivity contribution in [3.63, 3.8) is 0 Å². The smallest absolute Gasteiger partial charge is 0.790 e. The summed E-state index contributed by atoms with van der Waals surface area (Å²) in [6, 6.07) is 0. The van der Waals surface area contributed by atoms with Gasteiger partial charge in [-0.25, -0.2) is 15.0 Å². The number of aliphatic hydroxyl groups is 1. The molecule has 0 spiro atoms. The second kappa shape index (κ2) is 10.0. The summed E-state index contributed by atoms with van der Waals surface area (Å²) in [6.45, 7) is -0.550. The fraction of sp³-hybridized carbons (Fsp3) is 0.500. The molecule has 1 saturated heterocycles. The minimum atomic E-state index is -5.12. The number of imidazole rings is 1. The minimum Gasteiger partial charge on any atom is -0.790 e. The molecule has 12 nitrogen and oxygen atoms in total. The first-order valence-corrected chi connectivity index (χ1v) is 7.74. The van der Waals surface area contributed by atoms with Gasteiger partial charge in [0.1, 0.15) is 24.2 Å². The average Bonchev–Trinajstić information content (AvgIpc) is 3.00. The van der Waals surface area contributed by atoms with E-state index in [4.69, 9.17) is 10.5 Å². The molecule has 15 heteroatoms. The van der Waals surface area contributed by atoms with Crippen LogP contribution in [0.3, 0.4) is 0 Å². The van der Waals surface area contributed by atoms with Crippen LogP contribution in [0.4, 0.5) is 5.82 Å². The number of hydrogen-bond acceptors (Lipinski definition) is 10. The number of aromatic nitrogens is 4. The number of aliphatic hydroxyl groups excluding tert-OH is 1. The molecule has 128 valence electrons. The van der Waals surface area contributed by atoms with Gasteiger partial charge in [-0.1, -0.05) is 0 Å². The van der Waals surface area contributed by atoms with Crippen LogP contribution in [-0.4, -0.2) is 48.9 Å². The number of nitrogens with zero attached hydrogens (tertiary/aromatic N) is 4. The molecule has 5 N–H and O–H groups in total. The topological polar surface area (TPSA) is 203 Å². The van der Waals surface area contributed by atoms with Crippen LogP contribution in [0.15, 0.2) is 12.7 Å². The maximum Gasteiger partial charge on any atom is 1.00 e. The maximum atomic E-state index is 10.5. The average molecular weight is 393 g/mol. The normalized spacial score (nSPS) is 22.8. The van der Waals surface area contributed by atoms with E-state index in [0.717, 1.165) is 0 Å². The van der Waals surface area contributed by atoms with Crippen LogP contribution < -0.4 is 74.6 Å². The Bertz CT molecular complexity index is 744. The third kappa shape index (κ3) is 5.91. The number of rotatable bonds is 4. The first-order valence-electron chi connectivity index (χ1n) is 6.28. The van der Waals surface area contributed by atoms with E-state index in [-0.39, 0.29) is 76.8 Å². The van der Waals surface area contributed by atoms with Gasteiger partial charge in [0.05, 0.1) is 26.9 Å². The van der Waals surface area contributed by atoms with Gasteiger partial charge < -0.3 is 39.9 Å². The Hall–Kier alpha value is 0.340. The van der Waals surface area contributed by atoms with Crippen molar-refractivity contribution in [2.24, 2.45) is 0 Å². The number of nitrogens with two attached hydrogens (primary N) is 1. The van der Waals surface area contributed by atoms with Crippen LogP contribution in [0.25, 0.3) is 11.2 Å². The zero-order valence-corrected chi connectivity index (χ0v) is 18.5. The van der Waals surface area contributed by atoms with Crippen molar-refractivity contribution in [3.05, 3.63) is 12.7 Å². The van der Waals surface area contributed by atoms with E-state index in [2.05, 4.69) is 19.5 Å². The van der Waals surface area contributed by atoms with E-state index in [9.17, 15) is 19.5 Å². The quantitative estimate of drug-likeness (QED) is 0.371. The van der Waals surface area contributed by atoms with E-state index in [1.165, 1.54) is 12.7 Å². The molecule has 0 unspecified atom stereocenters. The predicted molar refractivity (Wildman–Crippen MR) is 71.4 cm³/mol. The molecule has 1 fully saturated rings. The number of nitrogen functional groups attached to an aromatic ring is 1. The molecule has 1 aliphatic heterocycles. The SMILES string of the molecule is Nc1ncnc2c1ncn2[C@H]1C[C@H](O)[C@@H](COP(=O)([O-])[O-])O1.O.[Na+].[Na+]. The third-order valence-corrected chi connectivity index (χ3v) is 3.76. The van der Waals surface area contributed by atoms with Gasteiger partial charge in [0, 0.05) is 6.42 Å². The Morgan fingerprint density at radius 1 is 1.40 bits per heavy atom. The Morgan fingerprint density at radius 2 is 2.08 bits per heavy atom. The van der Waals surface area contributed by atoms with Gasteiger partial charge in [0.2, 0.25) is 0 Å². The summed E-state index contributed by atoms with van der Waals surface area (Å²) >= 11 is 0. The summed E-state index contributed by atoms with van der Waals surface area (Å²) in [6.07, 6.45) is 0.285. The summed E-state index contributed by atoms with van der Waals surface area (Å²) < 4.78 is 21.7. The summed E-state index contributed by atoms with van der Waals surface area (Å²) in [5, 5.41) is 9.89. The molecular formula is C10H14N5Na2O7P. The molecule has 0 bridgehead atoms. The van der Waals surface area contributed by atoms with Crippen LogP contribution in [0, 0.1) is 0 Å². The Labute approximate surface area is 186 Å². The monoisotopic (exact) mass is 393 g/mol. The van der Waals surface area contributed by atoms with E-state index >= 15 is 0 Å². The van der Waals surface area contributed by atoms with Crippen LogP contribution in [0.2, 0.25) is 0 Å². The van der Waals surface area contributed by atoms with Crippen LogP contribution in [0.1, 0.15) is 12.6 Å². The minimum absolute atomic E-state index is 0. The molecule has 3 rings (SSSR count). The van der Waals surface area contributed by atoms with Gasteiger partial charge in [-0.3, -0.25) is 4.57 Å². The van der Waals surface area contributed by atoms with Crippen molar-refractivity contribution in [1.82, 2.24) is 19.5 Å². The Balaban J connectivity index is 0.00000192. The fourth-order valence-corrected chi connectivity index (χ4v) is 2.61. The molecule has 0 aromatic carbocycles. The number of hydrogen-bond donors (Lipinski definition) is 2. The van der Waals surface area contributed by atoms with Gasteiger partial charge in [-0.15, -0.1) is 0 Å². The van der Waals surface area contributed by atoms with Crippen molar-refractivity contribution in [2.75, 3.05) is 12.3 Å². The summed E-state index contributed by atoms with van der Waals surface area (Å²) in [4.78, 5) is 32.9. The molecule has 2 aromatic heterocycles. The van der Waals surface area contributed by atoms with Gasteiger partial charge in [0.15, 0.2) is 11.5 Å². The number of phosphoric ester groups is 1. The maximum absolute atomic E-state index is 10.5. The van der Waals surface area contributed by atoms with Crippen molar-refractivity contribution < 1.29 is 93.3 Å². The largest absolute Gasteiger partial charge is 1.00 e. The van der Waals surface area contributed by atoms with Crippen molar-refractivity contribution >= 4 is 24.8 Å². The molecule has 2 aromatic rings. The van der Waals surface area contributed by atoms with Crippen LogP contribution in [0.5, 0.6) is 0 Å². The molecular weight excluding hydrogens is 379 g/mol. The van der Waals surface area contributed by atoms with Crippen molar-refractivity contribution in [3.8, 4) is 0 Å². The molecule has 0 amide bonds. The van der Waals surface area contributed by atoms with Gasteiger partial charge in [-0.2, -0.15) is 0 Å². The van der Waals surface area contributed by atoms with E-state index in [1.807, 2.05) is 0 Å². The van der Waals surface area contributed by atoms with Crippen molar-refractivity contribution in [1.29, 1.82) is 0 Å². The third-order valence-electron chi connectivity index (χ3n) is 3.30. The van der Waals surface area contributed by atoms with Crippen LogP contribution in [-0.2, 0) is 13.8 Å². The second-order valence-electron chi connectivity index (χ2n) is 4.76. The molecule has 0 aliphatic carbocycles. The standard InChI is InChI=1S/C10H14N5O6P.2Na.H2O/c11-9-8-10(13-3-12-9)15(4-14-8)7-1-5(16)6(21-7)2-20-22(17,18)19;;;/h3-7,16H,1-2H2,(H2,11,12,13)(H2,17,18,19);;;1H2/q;2*+1;/p-2/t5-,6+,7+;;;/m0.../s1. The molecule has 1 aliphatic rings. The van der Waals surface area contributed by atoms with Gasteiger partial charge in [-0.05, 0) is 0 Å². The van der Waals surface area contributed by atoms with Gasteiger partial charge >= 0.3 is 59.1 Å². The fourth-order valence-electron chi connectivity index (χ4n) is 2.28. The number of ether oxygens (including phenoxy) is 1. The zero-order chi connectivity index (χ0) is 15.9. The van der Waals surface area contributed by atoms with E-state index < -0.39 is 32.9 Å². The number of anilines is 1. The second-order valence-corrected chi connectivity index (χ2v) is 5.91. The summed E-state index contributed by atoms with van der Waals surface area (Å²) in [7, 11) is -5.12. The Morgan fingerprint density at radius 3 is 2.72 bits per heavy atom. The van der Waals surface area contributed by atoms with Crippen LogP contribution >= 0.6 is 7.82 Å². The zero-order valence-electron chi connectivity index (χ0n) is 13.6. The molecule has 25 heavy (non-hydrogen) atoms. The number of phosphoric acid groups is 1. The molecule has 3 heterocycles. The van der Waals surface area contributed by atoms with Crippen molar-refractivity contribution in [2.45, 2.75) is 24.9 Å². The number of fused-ring (bicyclic) bond motifs is 1. The van der Waals surface area contributed by atoms with E-state index in [1.54, 1.807) is 4.57 Å². The Kier molecular flexibility index (Phi) is 10.2. The van der Waals surface area contributed by atoms with E-state index in [0.29, 0.717) is 11.2 Å². The molecule has 0 radical (unpaired) electrons.